The molecule has 0 saturated carbocycles. The molecular formula is C55H33NO2. The number of para-hydroxylation sites is 3. The summed E-state index contributed by atoms with van der Waals surface area (Å²) in [5, 5.41) is 3.60. The van der Waals surface area contributed by atoms with Crippen LogP contribution in [0, 0.1) is 0 Å². The van der Waals surface area contributed by atoms with E-state index in [2.05, 4.69) is 91.0 Å². The fourth-order valence-corrected chi connectivity index (χ4v) is 10.1. The predicted molar refractivity (Wildman–Crippen MR) is 237 cm³/mol. The molecule has 9 aromatic carbocycles. The number of benzene rings is 9. The SMILES string of the molecule is [2H]c1c([2H])c([2H])c(N(c2ccc3c(c2)-c2ccccc2C32c3ccccc3-c3ccccc32)c2ccc3c(c2)oc2ccccc23)c(-c2cccc3oc4ccccc4c23)c1[2H]. The Morgan fingerprint density at radius 2 is 0.897 bits per heavy atom. The molecule has 0 aliphatic heterocycles. The van der Waals surface area contributed by atoms with Gasteiger partial charge in [-0.3, -0.25) is 0 Å². The Bertz CT molecular complexity index is 3690. The molecule has 0 N–H and O–H groups in total. The number of hydrogen-bond acceptors (Lipinski definition) is 3. The Labute approximate surface area is 340 Å². The van der Waals surface area contributed by atoms with Crippen LogP contribution in [0.3, 0.4) is 0 Å². The van der Waals surface area contributed by atoms with Gasteiger partial charge in [-0.25, -0.2) is 0 Å². The van der Waals surface area contributed by atoms with Crippen LogP contribution >= 0.6 is 0 Å². The highest BCUT2D eigenvalue weighted by atomic mass is 16.3. The third kappa shape index (κ3) is 4.12. The smallest absolute Gasteiger partial charge is 0.137 e. The van der Waals surface area contributed by atoms with Crippen molar-refractivity contribution in [2.75, 3.05) is 4.90 Å². The monoisotopic (exact) mass is 743 g/mol. The molecule has 0 unspecified atom stereocenters. The van der Waals surface area contributed by atoms with Crippen molar-refractivity contribution in [3.05, 3.63) is 222 Å². The molecule has 0 atom stereocenters. The Morgan fingerprint density at radius 1 is 0.379 bits per heavy atom. The highest BCUT2D eigenvalue weighted by Crippen LogP contribution is 2.63. The van der Waals surface area contributed by atoms with Crippen molar-refractivity contribution in [3.8, 4) is 33.4 Å². The van der Waals surface area contributed by atoms with E-state index in [1.807, 2.05) is 89.8 Å². The molecule has 3 nitrogen and oxygen atoms in total. The van der Waals surface area contributed by atoms with Crippen LogP contribution < -0.4 is 4.90 Å². The molecule has 0 amide bonds. The lowest BCUT2D eigenvalue weighted by molar-refractivity contribution is 0.668. The number of nitrogens with zero attached hydrogens (tertiary/aromatic N) is 1. The maximum Gasteiger partial charge on any atom is 0.137 e. The largest absolute Gasteiger partial charge is 0.456 e. The number of furan rings is 2. The molecule has 1 spiro atoms. The van der Waals surface area contributed by atoms with Gasteiger partial charge in [0.05, 0.1) is 16.6 Å². The average Bonchev–Trinajstić information content (AvgIpc) is 4.05. The van der Waals surface area contributed by atoms with E-state index in [0.717, 1.165) is 49.5 Å². The standard InChI is InChI=1S/C55H33NO2/c1-7-21-45-36(14-1)37-15-2-8-22-46(37)55(45)47-23-9-3-16-38(47)44-32-34(29-31-48(44)55)56(35-28-30-41-40-18-5-11-25-50(40)58-53(41)33-35)49-24-10-4-17-39(49)42-20-13-27-52-54(42)43-19-6-12-26-51(43)57-52/h1-33H/i4D,10D,17D,24D. The van der Waals surface area contributed by atoms with Crippen LogP contribution in [-0.2, 0) is 5.41 Å². The fourth-order valence-electron chi connectivity index (χ4n) is 10.1. The zero-order valence-corrected chi connectivity index (χ0v) is 31.0. The molecule has 11 aromatic rings. The van der Waals surface area contributed by atoms with E-state index in [-0.39, 0.29) is 24.2 Å². The Morgan fingerprint density at radius 3 is 1.66 bits per heavy atom. The quantitative estimate of drug-likeness (QED) is 0.180. The van der Waals surface area contributed by atoms with Gasteiger partial charge < -0.3 is 13.7 Å². The number of fused-ring (bicyclic) bond motifs is 16. The average molecular weight is 744 g/mol. The summed E-state index contributed by atoms with van der Waals surface area (Å²) in [5.74, 6) is 0. The summed E-state index contributed by atoms with van der Waals surface area (Å²) in [6, 6.07) is 59.3. The Hall–Kier alpha value is -7.62. The summed E-state index contributed by atoms with van der Waals surface area (Å²) < 4.78 is 50.6. The lowest BCUT2D eigenvalue weighted by Gasteiger charge is -2.31. The van der Waals surface area contributed by atoms with Gasteiger partial charge in [0.25, 0.3) is 0 Å². The van der Waals surface area contributed by atoms with Crippen molar-refractivity contribution in [3.63, 3.8) is 0 Å². The summed E-state index contributed by atoms with van der Waals surface area (Å²) in [4.78, 5) is 1.99. The zero-order chi connectivity index (χ0) is 41.4. The molecule has 270 valence electrons. The third-order valence-electron chi connectivity index (χ3n) is 12.4. The van der Waals surface area contributed by atoms with E-state index in [4.69, 9.17) is 10.2 Å². The first kappa shape index (κ1) is 27.9. The van der Waals surface area contributed by atoms with Gasteiger partial charge in [0.2, 0.25) is 0 Å². The van der Waals surface area contributed by atoms with E-state index in [1.165, 1.54) is 27.8 Å². The van der Waals surface area contributed by atoms with Crippen molar-refractivity contribution in [1.82, 2.24) is 0 Å². The minimum atomic E-state index is -0.547. The van der Waals surface area contributed by atoms with E-state index >= 15 is 0 Å². The molecule has 0 saturated heterocycles. The summed E-state index contributed by atoms with van der Waals surface area (Å²) in [6.07, 6.45) is 0. The second-order valence-electron chi connectivity index (χ2n) is 15.2. The lowest BCUT2D eigenvalue weighted by atomic mass is 9.70. The van der Waals surface area contributed by atoms with Crippen LogP contribution in [-0.4, -0.2) is 0 Å². The topological polar surface area (TPSA) is 29.5 Å². The highest BCUT2D eigenvalue weighted by Gasteiger charge is 2.51. The first-order chi connectivity index (χ1) is 30.4. The molecule has 2 aromatic heterocycles. The fraction of sp³-hybridized carbons (Fsp3) is 0.0182. The molecule has 0 radical (unpaired) electrons. The van der Waals surface area contributed by atoms with Crippen LogP contribution in [0.4, 0.5) is 17.1 Å². The summed E-state index contributed by atoms with van der Waals surface area (Å²) in [5.41, 5.74) is 14.5. The van der Waals surface area contributed by atoms with Crippen LogP contribution in [0.15, 0.2) is 209 Å². The van der Waals surface area contributed by atoms with Crippen molar-refractivity contribution in [2.24, 2.45) is 0 Å². The summed E-state index contributed by atoms with van der Waals surface area (Å²) in [7, 11) is 0. The lowest BCUT2D eigenvalue weighted by Crippen LogP contribution is -2.25. The first-order valence-corrected chi connectivity index (χ1v) is 19.6. The van der Waals surface area contributed by atoms with Crippen molar-refractivity contribution < 1.29 is 14.3 Å². The van der Waals surface area contributed by atoms with Gasteiger partial charge in [0, 0.05) is 44.5 Å². The van der Waals surface area contributed by atoms with Crippen LogP contribution in [0.5, 0.6) is 0 Å². The van der Waals surface area contributed by atoms with Gasteiger partial charge in [-0.1, -0.05) is 146 Å². The van der Waals surface area contributed by atoms with E-state index in [1.54, 1.807) is 0 Å². The zero-order valence-electron chi connectivity index (χ0n) is 35.0. The van der Waals surface area contributed by atoms with E-state index < -0.39 is 5.41 Å². The molecule has 58 heavy (non-hydrogen) atoms. The Balaban J connectivity index is 1.13. The van der Waals surface area contributed by atoms with Crippen LogP contribution in [0.25, 0.3) is 77.3 Å². The Kier molecular flexibility index (Phi) is 5.63. The molecule has 0 fully saturated rings. The minimum Gasteiger partial charge on any atom is -0.456 e. The molecular weight excluding hydrogens is 707 g/mol. The second-order valence-corrected chi connectivity index (χ2v) is 15.2. The molecule has 3 heteroatoms. The van der Waals surface area contributed by atoms with Crippen LogP contribution in [0.1, 0.15) is 27.7 Å². The van der Waals surface area contributed by atoms with E-state index in [9.17, 15) is 4.11 Å². The van der Waals surface area contributed by atoms with Gasteiger partial charge in [-0.2, -0.15) is 0 Å². The first-order valence-electron chi connectivity index (χ1n) is 21.6. The summed E-state index contributed by atoms with van der Waals surface area (Å²) in [6.45, 7) is 0. The molecule has 2 aliphatic rings. The predicted octanol–water partition coefficient (Wildman–Crippen LogP) is 15.0. The van der Waals surface area contributed by atoms with E-state index in [0.29, 0.717) is 39.3 Å². The maximum absolute atomic E-state index is 9.82. The molecule has 2 heterocycles. The van der Waals surface area contributed by atoms with Crippen molar-refractivity contribution in [1.29, 1.82) is 0 Å². The van der Waals surface area contributed by atoms with Gasteiger partial charge >= 0.3 is 0 Å². The number of anilines is 3. The number of rotatable bonds is 4. The minimum absolute atomic E-state index is 0.141. The normalized spacial score (nSPS) is 14.3. The van der Waals surface area contributed by atoms with Crippen molar-refractivity contribution in [2.45, 2.75) is 5.41 Å². The second kappa shape index (κ2) is 11.7. The van der Waals surface area contributed by atoms with Crippen LogP contribution in [0.2, 0.25) is 0 Å². The van der Waals surface area contributed by atoms with Gasteiger partial charge in [-0.15, -0.1) is 0 Å². The number of hydrogen-bond donors (Lipinski definition) is 0. The summed E-state index contributed by atoms with van der Waals surface area (Å²) >= 11 is 0. The molecule has 0 bridgehead atoms. The van der Waals surface area contributed by atoms with Gasteiger partial charge in [0.1, 0.15) is 22.3 Å². The van der Waals surface area contributed by atoms with Crippen molar-refractivity contribution >= 4 is 60.9 Å². The maximum atomic E-state index is 9.82. The van der Waals surface area contributed by atoms with Gasteiger partial charge in [-0.05, 0) is 98.6 Å². The third-order valence-corrected chi connectivity index (χ3v) is 12.4. The highest BCUT2D eigenvalue weighted by molar-refractivity contribution is 6.14. The molecule has 13 rings (SSSR count). The van der Waals surface area contributed by atoms with Gasteiger partial charge in [0.15, 0.2) is 0 Å². The molecule has 2 aliphatic carbocycles.